The Morgan fingerprint density at radius 2 is 1.31 bits per heavy atom. The largest absolute Gasteiger partial charge is 0.507 e. The third-order valence-corrected chi connectivity index (χ3v) is 6.00. The molecule has 0 saturated heterocycles. The smallest absolute Gasteiger partial charge is 0.125 e. The zero-order chi connectivity index (χ0) is 21.5. The Morgan fingerprint density at radius 3 is 2.12 bits per heavy atom. The molecule has 0 atom stereocenters. The second-order valence-corrected chi connectivity index (χ2v) is 8.04. The van der Waals surface area contributed by atoms with Crippen LogP contribution in [-0.4, -0.2) is 15.8 Å². The average Bonchev–Trinajstić information content (AvgIpc) is 3.29. The van der Waals surface area contributed by atoms with E-state index in [-0.39, 0.29) is 5.75 Å². The fraction of sp³-hybridized carbons (Fsp3) is 0.0345. The van der Waals surface area contributed by atoms with Gasteiger partial charge in [0.25, 0.3) is 0 Å². The summed E-state index contributed by atoms with van der Waals surface area (Å²) in [6, 6.07) is 34.4. The first-order chi connectivity index (χ1) is 15.8. The van der Waals surface area contributed by atoms with Gasteiger partial charge in [0.05, 0.1) is 22.8 Å². The third kappa shape index (κ3) is 3.15. The molecule has 0 radical (unpaired) electrons. The molecule has 1 aliphatic heterocycles. The van der Waals surface area contributed by atoms with Gasteiger partial charge in [0, 0.05) is 17.5 Å². The number of hydrogen-bond acceptors (Lipinski definition) is 3. The van der Waals surface area contributed by atoms with Crippen LogP contribution in [0, 0.1) is 0 Å². The molecule has 3 heteroatoms. The summed E-state index contributed by atoms with van der Waals surface area (Å²) < 4.78 is 0. The molecular weight excluding hydrogens is 392 g/mol. The second-order valence-electron chi connectivity index (χ2n) is 8.04. The van der Waals surface area contributed by atoms with Crippen LogP contribution in [0.25, 0.3) is 33.3 Å². The van der Waals surface area contributed by atoms with Crippen LogP contribution in [0.1, 0.15) is 11.1 Å². The van der Waals surface area contributed by atoms with Gasteiger partial charge in [0.2, 0.25) is 0 Å². The molecule has 0 unspecified atom stereocenters. The van der Waals surface area contributed by atoms with Gasteiger partial charge in [0.15, 0.2) is 0 Å². The molecule has 0 amide bonds. The quantitative estimate of drug-likeness (QED) is 0.348. The Balaban J connectivity index is 1.45. The molecule has 5 aromatic rings. The number of aliphatic imine (C=N–C) groups is 1. The normalized spacial score (nSPS) is 12.6. The van der Waals surface area contributed by atoms with Crippen molar-refractivity contribution in [3.8, 4) is 28.3 Å². The van der Waals surface area contributed by atoms with Crippen molar-refractivity contribution in [2.45, 2.75) is 6.42 Å². The lowest BCUT2D eigenvalue weighted by molar-refractivity contribution is 0.478. The van der Waals surface area contributed by atoms with Crippen molar-refractivity contribution in [1.29, 1.82) is 0 Å². The highest BCUT2D eigenvalue weighted by atomic mass is 16.3. The number of aromatic hydroxyl groups is 1. The zero-order valence-electron chi connectivity index (χ0n) is 17.4. The first kappa shape index (κ1) is 18.5. The molecule has 1 aromatic heterocycles. The predicted molar refractivity (Wildman–Crippen MR) is 131 cm³/mol. The van der Waals surface area contributed by atoms with E-state index in [0.717, 1.165) is 56.7 Å². The molecular formula is C29H20N2O. The van der Waals surface area contributed by atoms with Gasteiger partial charge >= 0.3 is 0 Å². The number of rotatable bonds is 3. The summed E-state index contributed by atoms with van der Waals surface area (Å²) in [4.78, 5) is 9.91. The van der Waals surface area contributed by atoms with Crippen molar-refractivity contribution in [2.24, 2.45) is 4.99 Å². The number of nitrogens with zero attached hydrogens (tertiary/aromatic N) is 2. The molecule has 0 aliphatic carbocycles. The number of hydrogen-bond donors (Lipinski definition) is 1. The van der Waals surface area contributed by atoms with Crippen molar-refractivity contribution in [1.82, 2.24) is 4.98 Å². The molecule has 1 N–H and O–H groups in total. The van der Waals surface area contributed by atoms with Crippen LogP contribution < -0.4 is 0 Å². The Kier molecular flexibility index (Phi) is 4.32. The highest BCUT2D eigenvalue weighted by Crippen LogP contribution is 2.39. The molecule has 152 valence electrons. The van der Waals surface area contributed by atoms with Gasteiger partial charge in [-0.25, -0.2) is 4.98 Å². The van der Waals surface area contributed by atoms with E-state index in [2.05, 4.69) is 30.3 Å². The number of phenols is 1. The van der Waals surface area contributed by atoms with Gasteiger partial charge in [-0.1, -0.05) is 78.9 Å². The number of pyridine rings is 1. The van der Waals surface area contributed by atoms with Crippen molar-refractivity contribution >= 4 is 22.2 Å². The van der Waals surface area contributed by atoms with Crippen LogP contribution >= 0.6 is 0 Å². The maximum Gasteiger partial charge on any atom is 0.125 e. The summed E-state index contributed by atoms with van der Waals surface area (Å²) in [5, 5.41) is 12.8. The Labute approximate surface area is 186 Å². The lowest BCUT2D eigenvalue weighted by atomic mass is 10.00. The molecule has 0 spiro atoms. The van der Waals surface area contributed by atoms with Gasteiger partial charge < -0.3 is 5.11 Å². The van der Waals surface area contributed by atoms with Crippen LogP contribution in [0.15, 0.2) is 108 Å². The van der Waals surface area contributed by atoms with Crippen LogP contribution in [0.4, 0.5) is 5.69 Å². The lowest BCUT2D eigenvalue weighted by Gasteiger charge is -2.10. The van der Waals surface area contributed by atoms with Gasteiger partial charge in [-0.05, 0) is 46.2 Å². The molecule has 0 fully saturated rings. The first-order valence-corrected chi connectivity index (χ1v) is 10.7. The van der Waals surface area contributed by atoms with E-state index in [1.54, 1.807) is 6.07 Å². The highest BCUT2D eigenvalue weighted by Gasteiger charge is 2.20. The van der Waals surface area contributed by atoms with Crippen LogP contribution in [-0.2, 0) is 6.42 Å². The Bertz CT molecular complexity index is 1500. The number of para-hydroxylation sites is 1. The van der Waals surface area contributed by atoms with Crippen LogP contribution in [0.2, 0.25) is 0 Å². The number of aromatic nitrogens is 1. The van der Waals surface area contributed by atoms with Crippen molar-refractivity contribution in [3.05, 3.63) is 114 Å². The number of fused-ring (bicyclic) bond motifs is 2. The van der Waals surface area contributed by atoms with E-state index < -0.39 is 0 Å². The van der Waals surface area contributed by atoms with E-state index >= 15 is 0 Å². The highest BCUT2D eigenvalue weighted by molar-refractivity contribution is 6.08. The SMILES string of the molecule is Oc1cc2ccccc2cc1-c1cccc(-c2cccc3c2N=C(c2ccccc2)C3)n1. The molecule has 6 rings (SSSR count). The Morgan fingerprint density at radius 1 is 0.625 bits per heavy atom. The Hall–Kier alpha value is -4.24. The molecule has 2 heterocycles. The fourth-order valence-corrected chi connectivity index (χ4v) is 4.39. The topological polar surface area (TPSA) is 45.5 Å². The maximum absolute atomic E-state index is 10.7. The summed E-state index contributed by atoms with van der Waals surface area (Å²) >= 11 is 0. The molecule has 4 aromatic carbocycles. The van der Waals surface area contributed by atoms with Gasteiger partial charge in [-0.2, -0.15) is 0 Å². The number of phenolic OH excluding ortho intramolecular Hbond substituents is 1. The summed E-state index contributed by atoms with van der Waals surface area (Å²) in [6.07, 6.45) is 0.818. The minimum absolute atomic E-state index is 0.232. The van der Waals surface area contributed by atoms with Crippen molar-refractivity contribution in [3.63, 3.8) is 0 Å². The maximum atomic E-state index is 10.7. The number of benzene rings is 4. The molecule has 0 bridgehead atoms. The second kappa shape index (κ2) is 7.47. The standard InChI is InChI=1S/C29H20N2O/c32-28-18-21-11-5-4-10-20(21)16-24(28)26-15-7-14-25(30-26)23-13-6-12-22-17-27(31-29(22)23)19-8-2-1-3-9-19/h1-16,18,32H,17H2. The minimum atomic E-state index is 0.232. The minimum Gasteiger partial charge on any atom is -0.507 e. The lowest BCUT2D eigenvalue weighted by Crippen LogP contribution is -1.99. The fourth-order valence-electron chi connectivity index (χ4n) is 4.39. The van der Waals surface area contributed by atoms with E-state index in [1.165, 1.54) is 5.56 Å². The zero-order valence-corrected chi connectivity index (χ0v) is 17.4. The predicted octanol–water partition coefficient (Wildman–Crippen LogP) is 6.95. The van der Waals surface area contributed by atoms with E-state index in [0.29, 0.717) is 0 Å². The van der Waals surface area contributed by atoms with Gasteiger partial charge in [-0.3, -0.25) is 4.99 Å². The van der Waals surface area contributed by atoms with Crippen molar-refractivity contribution in [2.75, 3.05) is 0 Å². The van der Waals surface area contributed by atoms with Crippen LogP contribution in [0.5, 0.6) is 5.75 Å². The third-order valence-electron chi connectivity index (χ3n) is 6.00. The monoisotopic (exact) mass is 412 g/mol. The molecule has 32 heavy (non-hydrogen) atoms. The summed E-state index contributed by atoms with van der Waals surface area (Å²) in [6.45, 7) is 0. The van der Waals surface area contributed by atoms with E-state index in [1.807, 2.05) is 66.7 Å². The first-order valence-electron chi connectivity index (χ1n) is 10.7. The molecule has 3 nitrogen and oxygen atoms in total. The molecule has 1 aliphatic rings. The summed E-state index contributed by atoms with van der Waals surface area (Å²) in [7, 11) is 0. The summed E-state index contributed by atoms with van der Waals surface area (Å²) in [5.74, 6) is 0.232. The molecule has 0 saturated carbocycles. The van der Waals surface area contributed by atoms with Gasteiger partial charge in [-0.15, -0.1) is 0 Å². The van der Waals surface area contributed by atoms with E-state index in [9.17, 15) is 5.11 Å². The van der Waals surface area contributed by atoms with Gasteiger partial charge in [0.1, 0.15) is 5.75 Å². The van der Waals surface area contributed by atoms with Crippen LogP contribution in [0.3, 0.4) is 0 Å². The van der Waals surface area contributed by atoms with E-state index in [4.69, 9.17) is 9.98 Å². The summed E-state index contributed by atoms with van der Waals surface area (Å²) in [5.41, 5.74) is 7.76. The average molecular weight is 412 g/mol. The van der Waals surface area contributed by atoms with Crippen molar-refractivity contribution < 1.29 is 5.11 Å².